The number of oxazole rings is 1. The molecule has 4 rings (SSSR count). The number of carbonyl (C=O) groups is 1. The number of rotatable bonds is 8. The zero-order valence-corrected chi connectivity index (χ0v) is 18.4. The largest absolute Gasteiger partial charge is 0.481 e. The molecule has 1 unspecified atom stereocenters. The zero-order chi connectivity index (χ0) is 24.3. The van der Waals surface area contributed by atoms with Gasteiger partial charge in [0.1, 0.15) is 5.52 Å². The van der Waals surface area contributed by atoms with Gasteiger partial charge in [0.05, 0.1) is 12.0 Å². The Bertz CT molecular complexity index is 1300. The molecule has 0 saturated carbocycles. The third-order valence-electron chi connectivity index (χ3n) is 5.67. The molecule has 0 aliphatic rings. The Balaban J connectivity index is 1.63. The van der Waals surface area contributed by atoms with Crippen molar-refractivity contribution in [1.82, 2.24) is 10.3 Å². The van der Waals surface area contributed by atoms with Crippen molar-refractivity contribution in [3.63, 3.8) is 0 Å². The molecule has 1 heterocycles. The third-order valence-corrected chi connectivity index (χ3v) is 5.67. The van der Waals surface area contributed by atoms with Crippen LogP contribution >= 0.6 is 0 Å². The predicted molar refractivity (Wildman–Crippen MR) is 122 cm³/mol. The van der Waals surface area contributed by atoms with Gasteiger partial charge in [-0.25, -0.2) is 4.98 Å². The van der Waals surface area contributed by atoms with Crippen molar-refractivity contribution in [2.45, 2.75) is 32.0 Å². The molecule has 0 amide bonds. The van der Waals surface area contributed by atoms with Crippen molar-refractivity contribution in [3.8, 4) is 11.5 Å². The fourth-order valence-electron chi connectivity index (χ4n) is 3.86. The second-order valence-corrected chi connectivity index (χ2v) is 8.07. The summed E-state index contributed by atoms with van der Waals surface area (Å²) in [6.07, 6.45) is -4.52. The molecule has 0 bridgehead atoms. The van der Waals surface area contributed by atoms with Gasteiger partial charge in [0, 0.05) is 24.6 Å². The summed E-state index contributed by atoms with van der Waals surface area (Å²) in [6.45, 7) is 2.51. The molecule has 176 valence electrons. The molecule has 4 aromatic rings. The van der Waals surface area contributed by atoms with Crippen LogP contribution in [0.2, 0.25) is 0 Å². The molecule has 2 N–H and O–H groups in total. The highest BCUT2D eigenvalue weighted by Crippen LogP contribution is 2.40. The number of fused-ring (bicyclic) bond motifs is 1. The first-order valence-corrected chi connectivity index (χ1v) is 10.8. The number of carboxylic acid groups (broad SMARTS) is 1. The zero-order valence-electron chi connectivity index (χ0n) is 18.4. The Morgan fingerprint density at radius 3 is 2.56 bits per heavy atom. The number of carboxylic acids is 1. The number of halogens is 3. The highest BCUT2D eigenvalue weighted by Gasteiger charge is 2.35. The Hall–Kier alpha value is -3.65. The van der Waals surface area contributed by atoms with E-state index in [1.807, 2.05) is 36.4 Å². The molecule has 0 fully saturated rings. The third kappa shape index (κ3) is 5.28. The van der Waals surface area contributed by atoms with Gasteiger partial charge in [-0.2, -0.15) is 13.2 Å². The molecule has 0 saturated heterocycles. The lowest BCUT2D eigenvalue weighted by molar-refractivity contribution is -0.138. The summed E-state index contributed by atoms with van der Waals surface area (Å²) in [7, 11) is 0. The van der Waals surface area contributed by atoms with Crippen LogP contribution < -0.4 is 5.32 Å². The monoisotopic (exact) mass is 468 g/mol. The van der Waals surface area contributed by atoms with E-state index in [2.05, 4.69) is 10.3 Å². The molecule has 0 spiro atoms. The summed E-state index contributed by atoms with van der Waals surface area (Å²) in [6, 6.07) is 18.5. The molecule has 8 heteroatoms. The number of aromatic nitrogens is 1. The van der Waals surface area contributed by atoms with Crippen molar-refractivity contribution < 1.29 is 27.5 Å². The lowest BCUT2D eigenvalue weighted by Crippen LogP contribution is -2.17. The molecule has 3 aromatic carbocycles. The first kappa shape index (κ1) is 23.5. The van der Waals surface area contributed by atoms with Crippen LogP contribution in [-0.4, -0.2) is 22.6 Å². The average Bonchev–Trinajstić information content (AvgIpc) is 3.24. The predicted octanol–water partition coefficient (Wildman–Crippen LogP) is 6.23. The second kappa shape index (κ2) is 9.69. The van der Waals surface area contributed by atoms with E-state index in [1.165, 1.54) is 6.07 Å². The van der Waals surface area contributed by atoms with E-state index in [-0.39, 0.29) is 23.4 Å². The number of nitrogens with one attached hydrogen (secondary N) is 1. The van der Waals surface area contributed by atoms with Gasteiger partial charge in [-0.15, -0.1) is 0 Å². The normalized spacial score (nSPS) is 12.7. The maximum Gasteiger partial charge on any atom is 0.416 e. The number of aliphatic carboxylic acids is 1. The van der Waals surface area contributed by atoms with Crippen molar-refractivity contribution in [3.05, 3.63) is 89.0 Å². The molecule has 1 atom stereocenters. The molecule has 0 radical (unpaired) electrons. The van der Waals surface area contributed by atoms with E-state index in [0.29, 0.717) is 24.2 Å². The van der Waals surface area contributed by atoms with Crippen molar-refractivity contribution in [2.75, 3.05) is 6.54 Å². The highest BCUT2D eigenvalue weighted by atomic mass is 19.4. The van der Waals surface area contributed by atoms with Gasteiger partial charge in [-0.1, -0.05) is 49.4 Å². The van der Waals surface area contributed by atoms with Gasteiger partial charge in [-0.3, -0.25) is 4.79 Å². The topological polar surface area (TPSA) is 75.4 Å². The van der Waals surface area contributed by atoms with Crippen LogP contribution in [0.3, 0.4) is 0 Å². The van der Waals surface area contributed by atoms with E-state index in [0.717, 1.165) is 17.2 Å². The van der Waals surface area contributed by atoms with Crippen LogP contribution in [0, 0.1) is 0 Å². The molecule has 0 aliphatic carbocycles. The quantitative estimate of drug-likeness (QED) is 0.300. The van der Waals surface area contributed by atoms with Crippen molar-refractivity contribution >= 4 is 17.1 Å². The molecule has 1 aromatic heterocycles. The Morgan fingerprint density at radius 2 is 1.85 bits per heavy atom. The smallest absolute Gasteiger partial charge is 0.416 e. The summed E-state index contributed by atoms with van der Waals surface area (Å²) >= 11 is 0. The van der Waals surface area contributed by atoms with Crippen LogP contribution in [0.5, 0.6) is 0 Å². The Morgan fingerprint density at radius 1 is 1.09 bits per heavy atom. The Labute approximate surface area is 194 Å². The second-order valence-electron chi connectivity index (χ2n) is 8.07. The van der Waals surface area contributed by atoms with Crippen LogP contribution in [0.4, 0.5) is 13.2 Å². The number of nitrogens with zero attached hydrogens (tertiary/aromatic N) is 1. The summed E-state index contributed by atoms with van der Waals surface area (Å²) < 4.78 is 47.7. The fraction of sp³-hybridized carbons (Fsp3) is 0.231. The number of benzene rings is 3. The standard InChI is InChI=1S/C26H23F3N2O3/c1-16(18-5-3-2-4-6-18)20-9-8-19(14-21(20)26(27,28)29)25-31-22-10-7-17(13-23(22)34-25)15-30-12-11-24(32)33/h2-10,13-14,16,30H,11-12,15H2,1H3,(H,32,33). The van der Waals surface area contributed by atoms with Crippen molar-refractivity contribution in [2.24, 2.45) is 0 Å². The van der Waals surface area contributed by atoms with E-state index in [4.69, 9.17) is 9.52 Å². The number of alkyl halides is 3. The van der Waals surface area contributed by atoms with E-state index >= 15 is 0 Å². The lowest BCUT2D eigenvalue weighted by atomic mass is 9.88. The van der Waals surface area contributed by atoms with Gasteiger partial charge >= 0.3 is 12.1 Å². The van der Waals surface area contributed by atoms with E-state index in [9.17, 15) is 18.0 Å². The van der Waals surface area contributed by atoms with Crippen LogP contribution in [0.1, 0.15) is 41.5 Å². The number of hydrogen-bond donors (Lipinski definition) is 2. The minimum Gasteiger partial charge on any atom is -0.481 e. The minimum absolute atomic E-state index is 0.00905. The first-order valence-electron chi connectivity index (χ1n) is 10.8. The average molecular weight is 468 g/mol. The van der Waals surface area contributed by atoms with Gasteiger partial charge in [0.25, 0.3) is 0 Å². The minimum atomic E-state index is -4.53. The first-order chi connectivity index (χ1) is 16.2. The van der Waals surface area contributed by atoms with Crippen LogP contribution in [0.15, 0.2) is 71.1 Å². The maximum absolute atomic E-state index is 14.0. The lowest BCUT2D eigenvalue weighted by Gasteiger charge is -2.19. The number of hydrogen-bond acceptors (Lipinski definition) is 4. The van der Waals surface area contributed by atoms with E-state index in [1.54, 1.807) is 25.1 Å². The molecule has 34 heavy (non-hydrogen) atoms. The van der Waals surface area contributed by atoms with Crippen LogP contribution in [0.25, 0.3) is 22.6 Å². The van der Waals surface area contributed by atoms with Crippen molar-refractivity contribution in [1.29, 1.82) is 0 Å². The van der Waals surface area contributed by atoms with Gasteiger partial charge < -0.3 is 14.8 Å². The molecule has 5 nitrogen and oxygen atoms in total. The molecular formula is C26H23F3N2O3. The van der Waals surface area contributed by atoms with Gasteiger partial charge in [0.2, 0.25) is 5.89 Å². The maximum atomic E-state index is 14.0. The fourth-order valence-corrected chi connectivity index (χ4v) is 3.86. The summed E-state index contributed by atoms with van der Waals surface area (Å²) in [5, 5.41) is 11.7. The van der Waals surface area contributed by atoms with E-state index < -0.39 is 23.6 Å². The SMILES string of the molecule is CC(c1ccccc1)c1ccc(-c2nc3ccc(CNCCC(=O)O)cc3o2)cc1C(F)(F)F. The van der Waals surface area contributed by atoms with Crippen LogP contribution in [-0.2, 0) is 17.5 Å². The Kier molecular flexibility index (Phi) is 6.70. The molecular weight excluding hydrogens is 445 g/mol. The summed E-state index contributed by atoms with van der Waals surface area (Å²) in [5.41, 5.74) is 2.34. The summed E-state index contributed by atoms with van der Waals surface area (Å²) in [5.74, 6) is -1.22. The summed E-state index contributed by atoms with van der Waals surface area (Å²) in [4.78, 5) is 15.0. The molecule has 0 aliphatic heterocycles. The van der Waals surface area contributed by atoms with Gasteiger partial charge in [0.15, 0.2) is 5.58 Å². The highest BCUT2D eigenvalue weighted by molar-refractivity contribution is 5.77. The van der Waals surface area contributed by atoms with Gasteiger partial charge in [-0.05, 0) is 41.0 Å².